The van der Waals surface area contributed by atoms with E-state index < -0.39 is 12.0 Å². The average molecular weight is 294 g/mol. The molecule has 0 saturated carbocycles. The van der Waals surface area contributed by atoms with Gasteiger partial charge in [0.1, 0.15) is 11.9 Å². The second-order valence-electron chi connectivity index (χ2n) is 5.12. The molecule has 1 aromatic carbocycles. The second-order valence-corrected chi connectivity index (χ2v) is 5.12. The van der Waals surface area contributed by atoms with E-state index in [0.29, 0.717) is 13.1 Å². The molecule has 1 saturated heterocycles. The van der Waals surface area contributed by atoms with Crippen molar-refractivity contribution in [2.45, 2.75) is 31.8 Å². The number of halogens is 1. The lowest BCUT2D eigenvalue weighted by Gasteiger charge is -2.40. The third-order valence-electron chi connectivity index (χ3n) is 3.78. The molecule has 2 rings (SSSR count). The summed E-state index contributed by atoms with van der Waals surface area (Å²) in [7, 11) is 0. The number of piperazine rings is 1. The molecular formula is C15H19FN2O3. The Morgan fingerprint density at radius 3 is 2.71 bits per heavy atom. The van der Waals surface area contributed by atoms with E-state index in [4.69, 9.17) is 5.11 Å². The van der Waals surface area contributed by atoms with Gasteiger partial charge in [-0.15, -0.1) is 0 Å². The predicted molar refractivity (Wildman–Crippen MR) is 75.2 cm³/mol. The molecule has 1 fully saturated rings. The zero-order valence-corrected chi connectivity index (χ0v) is 11.9. The van der Waals surface area contributed by atoms with Gasteiger partial charge in [-0.25, -0.2) is 4.39 Å². The van der Waals surface area contributed by atoms with Crippen molar-refractivity contribution in [3.63, 3.8) is 0 Å². The summed E-state index contributed by atoms with van der Waals surface area (Å²) in [6.07, 6.45) is 0.485. The molecule has 2 atom stereocenters. The van der Waals surface area contributed by atoms with Crippen molar-refractivity contribution in [2.24, 2.45) is 0 Å². The van der Waals surface area contributed by atoms with Gasteiger partial charge in [0.05, 0.1) is 6.42 Å². The van der Waals surface area contributed by atoms with E-state index in [-0.39, 0.29) is 24.2 Å². The molecule has 1 heterocycles. The molecule has 0 radical (unpaired) electrons. The van der Waals surface area contributed by atoms with Crippen molar-refractivity contribution < 1.29 is 19.1 Å². The lowest BCUT2D eigenvalue weighted by Crippen LogP contribution is -2.56. The van der Waals surface area contributed by atoms with E-state index >= 15 is 0 Å². The normalized spacial score (nSPS) is 20.9. The van der Waals surface area contributed by atoms with E-state index in [1.165, 1.54) is 12.1 Å². The van der Waals surface area contributed by atoms with Crippen LogP contribution in [0.2, 0.25) is 0 Å². The summed E-state index contributed by atoms with van der Waals surface area (Å²) in [5, 5.41) is 11.7. The van der Waals surface area contributed by atoms with Gasteiger partial charge in [-0.05, 0) is 24.1 Å². The monoisotopic (exact) mass is 294 g/mol. The summed E-state index contributed by atoms with van der Waals surface area (Å²) in [4.78, 5) is 24.9. The number of hydrogen-bond acceptors (Lipinski definition) is 3. The molecule has 0 aromatic heterocycles. The quantitative estimate of drug-likeness (QED) is 0.864. The molecule has 6 heteroatoms. The Morgan fingerprint density at radius 1 is 1.48 bits per heavy atom. The Balaban J connectivity index is 2.27. The molecule has 114 valence electrons. The number of rotatable bonds is 5. The topological polar surface area (TPSA) is 69.6 Å². The summed E-state index contributed by atoms with van der Waals surface area (Å²) in [6.45, 7) is 3.05. The SMILES string of the molecule is CCC(c1ccc(F)cc1)N1CCNC(=O)C1CC(=O)O. The first kappa shape index (κ1) is 15.4. The van der Waals surface area contributed by atoms with Crippen LogP contribution in [0.4, 0.5) is 4.39 Å². The Morgan fingerprint density at radius 2 is 2.14 bits per heavy atom. The molecule has 5 nitrogen and oxygen atoms in total. The Labute approximate surface area is 122 Å². The first-order valence-electron chi connectivity index (χ1n) is 7.03. The van der Waals surface area contributed by atoms with Crippen LogP contribution >= 0.6 is 0 Å². The smallest absolute Gasteiger partial charge is 0.305 e. The third kappa shape index (κ3) is 3.58. The summed E-state index contributed by atoms with van der Waals surface area (Å²) < 4.78 is 13.1. The fraction of sp³-hybridized carbons (Fsp3) is 0.467. The molecule has 0 aliphatic carbocycles. The molecule has 1 amide bonds. The van der Waals surface area contributed by atoms with Gasteiger partial charge in [-0.1, -0.05) is 19.1 Å². The van der Waals surface area contributed by atoms with Crippen LogP contribution < -0.4 is 5.32 Å². The lowest BCUT2D eigenvalue weighted by atomic mass is 9.98. The van der Waals surface area contributed by atoms with E-state index in [1.54, 1.807) is 12.1 Å². The zero-order chi connectivity index (χ0) is 15.4. The molecule has 2 N–H and O–H groups in total. The number of carbonyl (C=O) groups is 2. The van der Waals surface area contributed by atoms with Crippen LogP contribution in [0.25, 0.3) is 0 Å². The van der Waals surface area contributed by atoms with Gasteiger partial charge in [0.15, 0.2) is 0 Å². The van der Waals surface area contributed by atoms with Gasteiger partial charge in [0.25, 0.3) is 0 Å². The van der Waals surface area contributed by atoms with Crippen LogP contribution in [-0.4, -0.2) is 41.0 Å². The van der Waals surface area contributed by atoms with Crippen molar-refractivity contribution in [3.8, 4) is 0 Å². The summed E-state index contributed by atoms with van der Waals surface area (Å²) in [5.41, 5.74) is 0.893. The predicted octanol–water partition coefficient (Wildman–Crippen LogP) is 1.55. The highest BCUT2D eigenvalue weighted by atomic mass is 19.1. The minimum absolute atomic E-state index is 0.0963. The number of nitrogens with one attached hydrogen (secondary N) is 1. The summed E-state index contributed by atoms with van der Waals surface area (Å²) in [6, 6.07) is 5.36. The first-order chi connectivity index (χ1) is 10.0. The minimum Gasteiger partial charge on any atom is -0.481 e. The van der Waals surface area contributed by atoms with E-state index in [0.717, 1.165) is 12.0 Å². The van der Waals surface area contributed by atoms with Gasteiger partial charge in [0, 0.05) is 19.1 Å². The van der Waals surface area contributed by atoms with Crippen molar-refractivity contribution in [1.82, 2.24) is 10.2 Å². The number of aliphatic carboxylic acids is 1. The maximum atomic E-state index is 13.1. The number of carbonyl (C=O) groups excluding carboxylic acids is 1. The number of carboxylic acids is 1. The maximum absolute atomic E-state index is 13.1. The molecule has 0 bridgehead atoms. The number of carboxylic acid groups (broad SMARTS) is 1. The van der Waals surface area contributed by atoms with Crippen molar-refractivity contribution >= 4 is 11.9 Å². The highest BCUT2D eigenvalue weighted by Crippen LogP contribution is 2.28. The highest BCUT2D eigenvalue weighted by molar-refractivity contribution is 5.86. The zero-order valence-electron chi connectivity index (χ0n) is 11.9. The third-order valence-corrected chi connectivity index (χ3v) is 3.78. The van der Waals surface area contributed by atoms with Crippen molar-refractivity contribution in [3.05, 3.63) is 35.6 Å². The number of amides is 1. The Kier molecular flexibility index (Phi) is 4.90. The van der Waals surface area contributed by atoms with Crippen LogP contribution in [0.3, 0.4) is 0 Å². The standard InChI is InChI=1S/C15H19FN2O3/c1-2-12(10-3-5-11(16)6-4-10)18-8-7-17-15(21)13(18)9-14(19)20/h3-6,12-13H,2,7-9H2,1H3,(H,17,21)(H,19,20). The van der Waals surface area contributed by atoms with Gasteiger partial charge in [0.2, 0.25) is 5.91 Å². The van der Waals surface area contributed by atoms with Crippen LogP contribution in [0.5, 0.6) is 0 Å². The second kappa shape index (κ2) is 6.67. The fourth-order valence-electron chi connectivity index (χ4n) is 2.83. The van der Waals surface area contributed by atoms with Gasteiger partial charge in [-0.2, -0.15) is 0 Å². The molecule has 1 aromatic rings. The van der Waals surface area contributed by atoms with Gasteiger partial charge in [-0.3, -0.25) is 14.5 Å². The van der Waals surface area contributed by atoms with Crippen LogP contribution in [-0.2, 0) is 9.59 Å². The molecule has 21 heavy (non-hydrogen) atoms. The van der Waals surface area contributed by atoms with Crippen molar-refractivity contribution in [1.29, 1.82) is 0 Å². The molecule has 0 spiro atoms. The highest BCUT2D eigenvalue weighted by Gasteiger charge is 2.35. The fourth-order valence-corrected chi connectivity index (χ4v) is 2.83. The maximum Gasteiger partial charge on any atom is 0.305 e. The largest absolute Gasteiger partial charge is 0.481 e. The molecule has 2 unspecified atom stereocenters. The Bertz CT molecular complexity index is 518. The van der Waals surface area contributed by atoms with E-state index in [2.05, 4.69) is 5.32 Å². The van der Waals surface area contributed by atoms with Crippen LogP contribution in [0, 0.1) is 5.82 Å². The molecule has 1 aliphatic heterocycles. The van der Waals surface area contributed by atoms with E-state index in [9.17, 15) is 14.0 Å². The number of benzene rings is 1. The number of nitrogens with zero attached hydrogens (tertiary/aromatic N) is 1. The summed E-state index contributed by atoms with van der Waals surface area (Å²) >= 11 is 0. The Hall–Kier alpha value is -1.95. The lowest BCUT2D eigenvalue weighted by molar-refractivity contribution is -0.144. The van der Waals surface area contributed by atoms with Crippen molar-refractivity contribution in [2.75, 3.05) is 13.1 Å². The van der Waals surface area contributed by atoms with Crippen LogP contribution in [0.15, 0.2) is 24.3 Å². The summed E-state index contributed by atoms with van der Waals surface area (Å²) in [5.74, 6) is -1.58. The number of hydrogen-bond donors (Lipinski definition) is 2. The average Bonchev–Trinajstić information content (AvgIpc) is 2.45. The first-order valence-corrected chi connectivity index (χ1v) is 7.03. The van der Waals surface area contributed by atoms with Gasteiger partial charge < -0.3 is 10.4 Å². The van der Waals surface area contributed by atoms with E-state index in [1.807, 2.05) is 11.8 Å². The van der Waals surface area contributed by atoms with Crippen LogP contribution in [0.1, 0.15) is 31.4 Å². The minimum atomic E-state index is -1.00. The molecular weight excluding hydrogens is 275 g/mol. The molecule has 1 aliphatic rings. The van der Waals surface area contributed by atoms with Gasteiger partial charge >= 0.3 is 5.97 Å².